The molecule has 0 aliphatic carbocycles. The van der Waals surface area contributed by atoms with Crippen molar-refractivity contribution < 1.29 is 4.79 Å². The van der Waals surface area contributed by atoms with E-state index < -0.39 is 0 Å². The van der Waals surface area contributed by atoms with Crippen molar-refractivity contribution in [3.8, 4) is 0 Å². The van der Waals surface area contributed by atoms with E-state index in [1.807, 2.05) is 0 Å². The summed E-state index contributed by atoms with van der Waals surface area (Å²) in [4.78, 5) is 10.9. The smallest absolute Gasteiger partial charge is 0.201 e. The Kier molecular flexibility index (Phi) is 20.0. The summed E-state index contributed by atoms with van der Waals surface area (Å²) in [7, 11) is 0. The summed E-state index contributed by atoms with van der Waals surface area (Å²) < 4.78 is 0. The van der Waals surface area contributed by atoms with Crippen LogP contribution in [0.2, 0.25) is 0 Å². The van der Waals surface area contributed by atoms with Gasteiger partial charge < -0.3 is 0 Å². The number of unbranched alkanes of at least 4 members (excludes halogenated alkanes) is 12. The number of rotatable bonds is 19. The summed E-state index contributed by atoms with van der Waals surface area (Å²) in [6, 6.07) is 0. The molecule has 0 saturated heterocycles. The van der Waals surface area contributed by atoms with E-state index in [0.29, 0.717) is 0 Å². The third kappa shape index (κ3) is 17.8. The molecule has 1 radical (unpaired) electrons. The van der Waals surface area contributed by atoms with Gasteiger partial charge in [-0.05, 0) is 38.5 Å². The van der Waals surface area contributed by atoms with Gasteiger partial charge in [0, 0.05) is 5.92 Å². The standard InChI is InChI=1S/C23H43O/c1-3-5-7-8-9-10-11-12-13-14-15-16-17-19-21-23(22-24)20-18-6-4-2/h12-13,23H,3-11,14-21H2,1-2H3/b13-12-. The molecule has 0 spiro atoms. The molecule has 0 bridgehead atoms. The van der Waals surface area contributed by atoms with E-state index in [1.165, 1.54) is 96.3 Å². The first-order chi connectivity index (χ1) is 11.8. The van der Waals surface area contributed by atoms with Crippen LogP contribution in [0.4, 0.5) is 0 Å². The van der Waals surface area contributed by atoms with Crippen molar-refractivity contribution in [1.82, 2.24) is 0 Å². The van der Waals surface area contributed by atoms with Crippen LogP contribution in [0.3, 0.4) is 0 Å². The van der Waals surface area contributed by atoms with Gasteiger partial charge in [0.2, 0.25) is 6.29 Å². The van der Waals surface area contributed by atoms with Gasteiger partial charge in [-0.25, -0.2) is 0 Å². The number of hydrogen-bond donors (Lipinski definition) is 0. The lowest BCUT2D eigenvalue weighted by molar-refractivity contribution is 0.457. The van der Waals surface area contributed by atoms with Crippen molar-refractivity contribution in [2.75, 3.05) is 0 Å². The third-order valence-electron chi connectivity index (χ3n) is 4.89. The largest absolute Gasteiger partial charge is 0.291 e. The number of allylic oxidation sites excluding steroid dienone is 2. The van der Waals surface area contributed by atoms with Crippen molar-refractivity contribution >= 4 is 6.29 Å². The van der Waals surface area contributed by atoms with Crippen LogP contribution in [0.15, 0.2) is 12.2 Å². The van der Waals surface area contributed by atoms with Crippen LogP contribution in [-0.2, 0) is 4.79 Å². The highest BCUT2D eigenvalue weighted by atomic mass is 16.1. The van der Waals surface area contributed by atoms with Gasteiger partial charge in [-0.2, -0.15) is 0 Å². The summed E-state index contributed by atoms with van der Waals surface area (Å²) in [5, 5.41) is 0. The molecule has 0 heterocycles. The SMILES string of the molecule is CCCCCCCC/C=C\CCCCCCC([C]=O)CCCCC. The minimum atomic E-state index is 0.203. The molecule has 0 aromatic carbocycles. The zero-order chi connectivity index (χ0) is 17.7. The lowest BCUT2D eigenvalue weighted by atomic mass is 9.96. The van der Waals surface area contributed by atoms with Gasteiger partial charge in [0.05, 0.1) is 0 Å². The van der Waals surface area contributed by atoms with Crippen LogP contribution in [0.5, 0.6) is 0 Å². The molecular weight excluding hydrogens is 292 g/mol. The van der Waals surface area contributed by atoms with E-state index in [0.717, 1.165) is 12.8 Å². The van der Waals surface area contributed by atoms with Gasteiger partial charge >= 0.3 is 0 Å². The molecule has 0 aromatic heterocycles. The fourth-order valence-corrected chi connectivity index (χ4v) is 3.19. The Bertz CT molecular complexity index is 269. The van der Waals surface area contributed by atoms with Gasteiger partial charge in [-0.1, -0.05) is 96.6 Å². The molecule has 0 aliphatic heterocycles. The van der Waals surface area contributed by atoms with Crippen molar-refractivity contribution in [1.29, 1.82) is 0 Å². The molecule has 141 valence electrons. The first-order valence-corrected chi connectivity index (χ1v) is 10.9. The number of hydrogen-bond acceptors (Lipinski definition) is 1. The van der Waals surface area contributed by atoms with Crippen molar-refractivity contribution in [2.45, 2.75) is 123 Å². The minimum Gasteiger partial charge on any atom is -0.291 e. The molecule has 0 rings (SSSR count). The Morgan fingerprint density at radius 1 is 0.625 bits per heavy atom. The third-order valence-corrected chi connectivity index (χ3v) is 4.89. The predicted molar refractivity (Wildman–Crippen MR) is 108 cm³/mol. The average Bonchev–Trinajstić information content (AvgIpc) is 2.60. The lowest BCUT2D eigenvalue weighted by Crippen LogP contribution is -2.01. The zero-order valence-corrected chi connectivity index (χ0v) is 16.7. The highest BCUT2D eigenvalue weighted by Crippen LogP contribution is 2.16. The van der Waals surface area contributed by atoms with Crippen LogP contribution in [-0.4, -0.2) is 6.29 Å². The van der Waals surface area contributed by atoms with E-state index in [9.17, 15) is 4.79 Å². The summed E-state index contributed by atoms with van der Waals surface area (Å²) in [6.07, 6.45) is 28.7. The Morgan fingerprint density at radius 3 is 1.58 bits per heavy atom. The van der Waals surface area contributed by atoms with Crippen LogP contribution >= 0.6 is 0 Å². The summed E-state index contributed by atoms with van der Waals surface area (Å²) >= 11 is 0. The summed E-state index contributed by atoms with van der Waals surface area (Å²) in [5.74, 6) is 0.203. The summed E-state index contributed by atoms with van der Waals surface area (Å²) in [6.45, 7) is 4.48. The van der Waals surface area contributed by atoms with Gasteiger partial charge in [0.15, 0.2) is 0 Å². The molecule has 1 nitrogen and oxygen atoms in total. The van der Waals surface area contributed by atoms with Gasteiger partial charge in [0.25, 0.3) is 0 Å². The highest BCUT2D eigenvalue weighted by molar-refractivity contribution is 5.54. The maximum atomic E-state index is 10.9. The minimum absolute atomic E-state index is 0.203. The van der Waals surface area contributed by atoms with E-state index in [2.05, 4.69) is 32.3 Å². The van der Waals surface area contributed by atoms with E-state index in [1.54, 1.807) is 0 Å². The predicted octanol–water partition coefficient (Wildman–Crippen LogP) is 7.94. The van der Waals surface area contributed by atoms with Crippen LogP contribution in [0.1, 0.15) is 123 Å². The topological polar surface area (TPSA) is 17.1 Å². The fourth-order valence-electron chi connectivity index (χ4n) is 3.19. The molecular formula is C23H43O. The average molecular weight is 336 g/mol. The van der Waals surface area contributed by atoms with E-state index in [-0.39, 0.29) is 5.92 Å². The lowest BCUT2D eigenvalue weighted by Gasteiger charge is -2.08. The van der Waals surface area contributed by atoms with Crippen LogP contribution < -0.4 is 0 Å². The molecule has 1 atom stereocenters. The Hall–Kier alpha value is -0.590. The van der Waals surface area contributed by atoms with Crippen LogP contribution in [0.25, 0.3) is 0 Å². The maximum Gasteiger partial charge on any atom is 0.201 e. The zero-order valence-electron chi connectivity index (χ0n) is 16.7. The van der Waals surface area contributed by atoms with E-state index in [4.69, 9.17) is 0 Å². The highest BCUT2D eigenvalue weighted by Gasteiger charge is 2.07. The molecule has 24 heavy (non-hydrogen) atoms. The van der Waals surface area contributed by atoms with Crippen LogP contribution in [0, 0.1) is 5.92 Å². The van der Waals surface area contributed by atoms with Crippen molar-refractivity contribution in [3.05, 3.63) is 12.2 Å². The Labute approximate surface area is 152 Å². The van der Waals surface area contributed by atoms with Crippen molar-refractivity contribution in [3.63, 3.8) is 0 Å². The summed E-state index contributed by atoms with van der Waals surface area (Å²) in [5.41, 5.74) is 0. The molecule has 1 unspecified atom stereocenters. The molecule has 0 aliphatic rings. The Morgan fingerprint density at radius 2 is 1.04 bits per heavy atom. The maximum absolute atomic E-state index is 10.9. The molecule has 0 aromatic rings. The van der Waals surface area contributed by atoms with Gasteiger partial charge in [0.1, 0.15) is 0 Å². The second-order valence-electron chi connectivity index (χ2n) is 7.33. The van der Waals surface area contributed by atoms with Gasteiger partial charge in [-0.15, -0.1) is 0 Å². The number of carbonyl (C=O) groups excluding carboxylic acids is 1. The molecule has 0 amide bonds. The quantitative estimate of drug-likeness (QED) is 0.173. The first-order valence-electron chi connectivity index (χ1n) is 10.9. The molecule has 0 N–H and O–H groups in total. The van der Waals surface area contributed by atoms with E-state index >= 15 is 0 Å². The molecule has 0 fully saturated rings. The first kappa shape index (κ1) is 23.4. The molecule has 0 saturated carbocycles. The second kappa shape index (κ2) is 20.5. The Balaban J connectivity index is 3.28. The monoisotopic (exact) mass is 335 g/mol. The molecule has 1 heteroatoms. The normalized spacial score (nSPS) is 12.8. The fraction of sp³-hybridized carbons (Fsp3) is 0.870. The van der Waals surface area contributed by atoms with Gasteiger partial charge in [-0.3, -0.25) is 4.79 Å². The second-order valence-corrected chi connectivity index (χ2v) is 7.33. The van der Waals surface area contributed by atoms with Crippen molar-refractivity contribution in [2.24, 2.45) is 5.92 Å².